The summed E-state index contributed by atoms with van der Waals surface area (Å²) in [5.41, 5.74) is 6.85. The van der Waals surface area contributed by atoms with Gasteiger partial charge in [-0.15, -0.1) is 11.3 Å². The zero-order valence-corrected chi connectivity index (χ0v) is 38.8. The van der Waals surface area contributed by atoms with E-state index in [-0.39, 0.29) is 43.3 Å². The lowest BCUT2D eigenvalue weighted by molar-refractivity contribution is -0.142. The number of nitrogens with one attached hydrogen (secondary N) is 4. The molecular weight excluding hydrogens is 854 g/mol. The van der Waals surface area contributed by atoms with Crippen LogP contribution in [0.4, 0.5) is 18.9 Å². The topological polar surface area (TPSA) is 154 Å². The molecule has 5 aromatic rings. The van der Waals surface area contributed by atoms with Crippen molar-refractivity contribution in [2.75, 3.05) is 25.0 Å². The quantitative estimate of drug-likeness (QED) is 0.0517. The van der Waals surface area contributed by atoms with Crippen LogP contribution in [-0.2, 0) is 29.4 Å². The largest absolute Gasteiger partial charge is 0.416 e. The van der Waals surface area contributed by atoms with Crippen molar-refractivity contribution in [1.82, 2.24) is 35.4 Å². The number of likely N-dealkylation sites (tertiary alicyclic amines) is 1. The number of hydrogen-bond donors (Lipinski definition) is 5. The van der Waals surface area contributed by atoms with Gasteiger partial charge >= 0.3 is 6.18 Å². The Kier molecular flexibility index (Phi) is 16.2. The number of alkyl halides is 3. The number of aliphatic hydroxyl groups is 1. The maximum atomic E-state index is 14.1. The van der Waals surface area contributed by atoms with Crippen molar-refractivity contribution < 1.29 is 32.7 Å². The predicted octanol–water partition coefficient (Wildman–Crippen LogP) is 8.67. The Morgan fingerprint density at radius 3 is 2.25 bits per heavy atom. The molecule has 2 aromatic heterocycles. The highest BCUT2D eigenvalue weighted by Crippen LogP contribution is 2.32. The summed E-state index contributed by atoms with van der Waals surface area (Å²) < 4.78 is 40.9. The van der Waals surface area contributed by atoms with Gasteiger partial charge in [-0.25, -0.2) is 9.97 Å². The van der Waals surface area contributed by atoms with E-state index in [1.54, 1.807) is 40.4 Å². The fraction of sp³-hybridized carbons (Fsp3) is 0.449. The molecule has 3 aromatic carbocycles. The summed E-state index contributed by atoms with van der Waals surface area (Å²) in [7, 11) is 1.84. The van der Waals surface area contributed by atoms with Crippen LogP contribution in [-0.4, -0.2) is 80.1 Å². The van der Waals surface area contributed by atoms with Gasteiger partial charge in [-0.2, -0.15) is 13.2 Å². The third kappa shape index (κ3) is 13.0. The molecule has 0 unspecified atom stereocenters. The minimum Gasteiger partial charge on any atom is -0.391 e. The van der Waals surface area contributed by atoms with Crippen LogP contribution in [0.2, 0.25) is 0 Å². The van der Waals surface area contributed by atoms with Crippen LogP contribution >= 0.6 is 11.3 Å². The van der Waals surface area contributed by atoms with Gasteiger partial charge < -0.3 is 35.8 Å². The lowest BCUT2D eigenvalue weighted by atomic mass is 9.85. The molecule has 12 nitrogen and oxygen atoms in total. The number of carbonyl (C=O) groups excluding carboxylic acids is 3. The summed E-state index contributed by atoms with van der Waals surface area (Å²) >= 11 is 1.59. The first-order valence-electron chi connectivity index (χ1n) is 22.2. The molecule has 0 bridgehead atoms. The zero-order chi connectivity index (χ0) is 46.9. The second-order valence-corrected chi connectivity index (χ2v) is 18.9. The molecular formula is C49H61F3N8O4S. The van der Waals surface area contributed by atoms with E-state index in [0.717, 1.165) is 65.9 Å². The molecule has 1 saturated heterocycles. The number of anilines is 1. The van der Waals surface area contributed by atoms with Crippen LogP contribution in [0, 0.1) is 12.3 Å². The number of aliphatic hydroxyl groups excluding tert-OH is 1. The Morgan fingerprint density at radius 1 is 0.923 bits per heavy atom. The Balaban J connectivity index is 0.931. The molecule has 3 heterocycles. The molecule has 16 heteroatoms. The van der Waals surface area contributed by atoms with Crippen LogP contribution in [0.25, 0.3) is 21.7 Å². The van der Waals surface area contributed by atoms with Crippen LogP contribution < -0.4 is 21.3 Å². The molecule has 0 saturated carbocycles. The molecule has 3 amide bonds. The highest BCUT2D eigenvalue weighted by atomic mass is 32.1. The van der Waals surface area contributed by atoms with Gasteiger partial charge in [0.2, 0.25) is 11.8 Å². The van der Waals surface area contributed by atoms with Crippen molar-refractivity contribution in [3.63, 3.8) is 0 Å². The molecule has 5 N–H and O–H groups in total. The third-order valence-electron chi connectivity index (χ3n) is 11.8. The average Bonchev–Trinajstić information content (AvgIpc) is 4.02. The number of rotatable bonds is 19. The number of imidazole rings is 1. The number of amides is 3. The molecule has 348 valence electrons. The molecule has 1 aliphatic rings. The molecule has 1 aliphatic heterocycles. The van der Waals surface area contributed by atoms with Gasteiger partial charge in [0.15, 0.2) is 0 Å². The second-order valence-electron chi connectivity index (χ2n) is 18.0. The van der Waals surface area contributed by atoms with E-state index in [4.69, 9.17) is 0 Å². The lowest BCUT2D eigenvalue weighted by Gasteiger charge is -2.35. The fourth-order valence-corrected chi connectivity index (χ4v) is 8.89. The first kappa shape index (κ1) is 48.9. The summed E-state index contributed by atoms with van der Waals surface area (Å²) in [5.74, 6) is -0.699. The Hall–Kier alpha value is -5.58. The number of hydrogen-bond acceptors (Lipinski definition) is 9. The number of thiazole rings is 1. The predicted molar refractivity (Wildman–Crippen MR) is 249 cm³/mol. The van der Waals surface area contributed by atoms with E-state index in [9.17, 15) is 32.7 Å². The van der Waals surface area contributed by atoms with Crippen molar-refractivity contribution in [2.45, 2.75) is 110 Å². The number of β-amino-alcohol motifs (C(OH)–C–C–N with tert-alkyl or cyclic N) is 1. The van der Waals surface area contributed by atoms with Gasteiger partial charge in [-0.1, -0.05) is 76.4 Å². The number of carbonyl (C=O) groups is 3. The summed E-state index contributed by atoms with van der Waals surface area (Å²) in [6, 6.07) is 16.7. The minimum absolute atomic E-state index is 0.0988. The summed E-state index contributed by atoms with van der Waals surface area (Å²) in [5, 5.41) is 23.5. The van der Waals surface area contributed by atoms with Crippen molar-refractivity contribution in [1.29, 1.82) is 0 Å². The monoisotopic (exact) mass is 914 g/mol. The van der Waals surface area contributed by atoms with E-state index in [1.807, 2.05) is 77.6 Å². The highest BCUT2D eigenvalue weighted by Gasteiger charge is 2.44. The van der Waals surface area contributed by atoms with Gasteiger partial charge in [-0.05, 0) is 85.7 Å². The van der Waals surface area contributed by atoms with Crippen molar-refractivity contribution in [3.8, 4) is 21.7 Å². The molecule has 0 spiro atoms. The zero-order valence-electron chi connectivity index (χ0n) is 38.0. The molecule has 4 atom stereocenters. The molecule has 6 rings (SSSR count). The number of unbranched alkanes of at least 4 members (excludes halogenated alkanes) is 4. The van der Waals surface area contributed by atoms with Crippen LogP contribution in [0.3, 0.4) is 0 Å². The molecule has 65 heavy (non-hydrogen) atoms. The van der Waals surface area contributed by atoms with Gasteiger partial charge in [0.25, 0.3) is 5.91 Å². The second kappa shape index (κ2) is 21.6. The van der Waals surface area contributed by atoms with Crippen LogP contribution in [0.1, 0.15) is 105 Å². The molecule has 1 fully saturated rings. The SMILES string of the molecule is Cc1ncsc1-c1ccc([C@H](C)NC(=O)[C@@H]2C[C@@H](O)CN2C(=O)[C@@H](NCCCCCCCNC(=O)c2ccc(NCc3ccc(C(F)(F)F)cc3)c(-c3cn(C)cn3)c2)C(C)(C)C)cc1. The summed E-state index contributed by atoms with van der Waals surface area (Å²) in [4.78, 5) is 52.4. The molecule has 0 aliphatic carbocycles. The fourth-order valence-electron chi connectivity index (χ4n) is 8.07. The van der Waals surface area contributed by atoms with Gasteiger partial charge in [-0.3, -0.25) is 14.4 Å². The first-order valence-corrected chi connectivity index (χ1v) is 23.1. The Bertz CT molecular complexity index is 2380. The number of aryl methyl sites for hydroxylation is 2. The Morgan fingerprint density at radius 2 is 1.62 bits per heavy atom. The van der Waals surface area contributed by atoms with Crippen molar-refractivity contribution in [3.05, 3.63) is 113 Å². The number of halogens is 3. The first-order chi connectivity index (χ1) is 30.9. The maximum absolute atomic E-state index is 14.1. The lowest BCUT2D eigenvalue weighted by Crippen LogP contribution is -2.56. The van der Waals surface area contributed by atoms with Crippen molar-refractivity contribution >= 4 is 34.7 Å². The normalized spacial score (nSPS) is 16.3. The van der Waals surface area contributed by atoms with Gasteiger partial charge in [0, 0.05) is 56.1 Å². The van der Waals surface area contributed by atoms with E-state index < -0.39 is 35.3 Å². The smallest absolute Gasteiger partial charge is 0.391 e. The van der Waals surface area contributed by atoms with E-state index >= 15 is 0 Å². The van der Waals surface area contributed by atoms with E-state index in [0.29, 0.717) is 41.2 Å². The molecule has 0 radical (unpaired) electrons. The summed E-state index contributed by atoms with van der Waals surface area (Å²) in [6.45, 7) is 11.4. The number of nitrogens with zero attached hydrogens (tertiary/aromatic N) is 4. The number of benzene rings is 3. The van der Waals surface area contributed by atoms with E-state index in [1.165, 1.54) is 17.0 Å². The van der Waals surface area contributed by atoms with E-state index in [2.05, 4.69) is 31.2 Å². The third-order valence-corrected chi connectivity index (χ3v) is 12.7. The van der Waals surface area contributed by atoms with Crippen LogP contribution in [0.15, 0.2) is 84.8 Å². The summed E-state index contributed by atoms with van der Waals surface area (Å²) in [6.07, 6.45) is 2.89. The minimum atomic E-state index is -4.40. The highest BCUT2D eigenvalue weighted by molar-refractivity contribution is 7.13. The Labute approximate surface area is 383 Å². The van der Waals surface area contributed by atoms with Crippen molar-refractivity contribution in [2.24, 2.45) is 12.5 Å². The maximum Gasteiger partial charge on any atom is 0.416 e. The number of aromatic nitrogens is 3. The standard InChI is InChI=1S/C49H61F3N8O4S/c1-31(34-14-16-35(17-15-34)43-32(2)57-30-65-43)58-46(63)42-25-38(61)27-60(42)47(64)44(48(3,4)5)53-22-10-8-7-9-11-23-54-45(62)36-18-21-40(39(24-36)41-28-59(6)29-56-41)55-26-33-12-19-37(20-13-33)49(50,51)52/h12-21,24,28-31,38,42,44,53,55,61H,7-11,22-23,25-27H2,1-6H3,(H,54,62)(H,58,63)/t31-,38+,42-,44+/m0/s1. The van der Waals surface area contributed by atoms with Gasteiger partial charge in [0.05, 0.1) is 51.9 Å². The van der Waals surface area contributed by atoms with Gasteiger partial charge in [0.1, 0.15) is 6.04 Å². The average molecular weight is 915 g/mol. The van der Waals surface area contributed by atoms with Crippen LogP contribution in [0.5, 0.6) is 0 Å².